The van der Waals surface area contributed by atoms with Crippen LogP contribution in [0.3, 0.4) is 0 Å². The molecule has 4 nitrogen and oxygen atoms in total. The molecule has 2 aromatic rings. The van der Waals surface area contributed by atoms with Gasteiger partial charge in [-0.05, 0) is 32.9 Å². The van der Waals surface area contributed by atoms with E-state index in [2.05, 4.69) is 10.3 Å². The molecule has 2 aromatic heterocycles. The van der Waals surface area contributed by atoms with Crippen molar-refractivity contribution in [3.05, 3.63) is 41.5 Å². The van der Waals surface area contributed by atoms with Crippen LogP contribution in [0.1, 0.15) is 36.1 Å². The predicted molar refractivity (Wildman–Crippen MR) is 59.9 cm³/mol. The number of hydrogen-bond donors (Lipinski definition) is 1. The standard InChI is InChI=1S/C12H16N2O2/c1-8-10(3)16-12(14-8)7-13-9(2)11-5-4-6-15-11/h4-6,9,13H,7H2,1-3H3/t9-/m1/s1. The molecule has 0 aliphatic heterocycles. The van der Waals surface area contributed by atoms with Crippen LogP contribution >= 0.6 is 0 Å². The van der Waals surface area contributed by atoms with Gasteiger partial charge in [0.2, 0.25) is 5.89 Å². The van der Waals surface area contributed by atoms with Crippen molar-refractivity contribution in [1.29, 1.82) is 0 Å². The smallest absolute Gasteiger partial charge is 0.208 e. The maximum atomic E-state index is 5.48. The van der Waals surface area contributed by atoms with Gasteiger partial charge in [-0.1, -0.05) is 0 Å². The molecule has 2 rings (SSSR count). The fraction of sp³-hybridized carbons (Fsp3) is 0.417. The van der Waals surface area contributed by atoms with E-state index in [1.807, 2.05) is 32.9 Å². The van der Waals surface area contributed by atoms with E-state index in [0.717, 1.165) is 17.2 Å². The van der Waals surface area contributed by atoms with Gasteiger partial charge in [0.05, 0.1) is 24.5 Å². The molecule has 0 radical (unpaired) electrons. The van der Waals surface area contributed by atoms with Crippen LogP contribution in [0.5, 0.6) is 0 Å². The van der Waals surface area contributed by atoms with E-state index in [-0.39, 0.29) is 6.04 Å². The fourth-order valence-corrected chi connectivity index (χ4v) is 1.49. The Morgan fingerprint density at radius 1 is 1.44 bits per heavy atom. The molecule has 0 saturated carbocycles. The summed E-state index contributed by atoms with van der Waals surface area (Å²) in [6.07, 6.45) is 1.67. The average Bonchev–Trinajstić information content (AvgIpc) is 2.86. The summed E-state index contributed by atoms with van der Waals surface area (Å²) in [7, 11) is 0. The van der Waals surface area contributed by atoms with E-state index in [1.54, 1.807) is 6.26 Å². The molecule has 4 heteroatoms. The molecule has 0 bridgehead atoms. The predicted octanol–water partition coefficient (Wildman–Crippen LogP) is 2.74. The highest BCUT2D eigenvalue weighted by molar-refractivity contribution is 5.06. The molecule has 0 spiro atoms. The first-order valence-corrected chi connectivity index (χ1v) is 5.36. The van der Waals surface area contributed by atoms with Crippen molar-refractivity contribution >= 4 is 0 Å². The monoisotopic (exact) mass is 220 g/mol. The highest BCUT2D eigenvalue weighted by Gasteiger charge is 2.10. The number of oxazole rings is 1. The Balaban J connectivity index is 1.92. The minimum atomic E-state index is 0.155. The first-order valence-electron chi connectivity index (χ1n) is 5.36. The molecular weight excluding hydrogens is 204 g/mol. The molecule has 0 amide bonds. The van der Waals surface area contributed by atoms with Crippen molar-refractivity contribution in [2.75, 3.05) is 0 Å². The molecule has 0 unspecified atom stereocenters. The van der Waals surface area contributed by atoms with Gasteiger partial charge in [0.1, 0.15) is 11.5 Å². The molecular formula is C12H16N2O2. The topological polar surface area (TPSA) is 51.2 Å². The van der Waals surface area contributed by atoms with Crippen LogP contribution in [0, 0.1) is 13.8 Å². The van der Waals surface area contributed by atoms with Crippen LogP contribution < -0.4 is 5.32 Å². The summed E-state index contributed by atoms with van der Waals surface area (Å²) < 4.78 is 10.8. The van der Waals surface area contributed by atoms with Gasteiger partial charge in [0.25, 0.3) is 0 Å². The number of aryl methyl sites for hydroxylation is 2. The van der Waals surface area contributed by atoms with Crippen molar-refractivity contribution in [3.63, 3.8) is 0 Å². The largest absolute Gasteiger partial charge is 0.468 e. The molecule has 0 aromatic carbocycles. The van der Waals surface area contributed by atoms with Crippen molar-refractivity contribution in [2.24, 2.45) is 0 Å². The second kappa shape index (κ2) is 4.53. The summed E-state index contributed by atoms with van der Waals surface area (Å²) in [4.78, 5) is 4.30. The van der Waals surface area contributed by atoms with Crippen LogP contribution in [0.4, 0.5) is 0 Å². The van der Waals surface area contributed by atoms with Crippen LogP contribution in [0.15, 0.2) is 27.2 Å². The fourth-order valence-electron chi connectivity index (χ4n) is 1.49. The second-order valence-corrected chi connectivity index (χ2v) is 3.87. The number of furan rings is 1. The van der Waals surface area contributed by atoms with Crippen LogP contribution in [-0.2, 0) is 6.54 Å². The van der Waals surface area contributed by atoms with E-state index in [9.17, 15) is 0 Å². The van der Waals surface area contributed by atoms with Gasteiger partial charge in [-0.3, -0.25) is 5.32 Å². The van der Waals surface area contributed by atoms with Gasteiger partial charge < -0.3 is 8.83 Å². The van der Waals surface area contributed by atoms with E-state index >= 15 is 0 Å². The van der Waals surface area contributed by atoms with E-state index in [0.29, 0.717) is 12.4 Å². The molecule has 1 N–H and O–H groups in total. The van der Waals surface area contributed by atoms with Crippen LogP contribution in [-0.4, -0.2) is 4.98 Å². The number of rotatable bonds is 4. The Morgan fingerprint density at radius 2 is 2.25 bits per heavy atom. The summed E-state index contributed by atoms with van der Waals surface area (Å²) in [5, 5.41) is 3.29. The zero-order valence-electron chi connectivity index (χ0n) is 9.78. The summed E-state index contributed by atoms with van der Waals surface area (Å²) in [6.45, 7) is 6.51. The highest BCUT2D eigenvalue weighted by atomic mass is 16.4. The summed E-state index contributed by atoms with van der Waals surface area (Å²) in [5.41, 5.74) is 0.947. The quantitative estimate of drug-likeness (QED) is 0.860. The molecule has 0 aliphatic rings. The number of nitrogens with zero attached hydrogens (tertiary/aromatic N) is 1. The zero-order valence-corrected chi connectivity index (χ0v) is 9.78. The van der Waals surface area contributed by atoms with E-state index < -0.39 is 0 Å². The second-order valence-electron chi connectivity index (χ2n) is 3.87. The number of hydrogen-bond acceptors (Lipinski definition) is 4. The Bertz CT molecular complexity index is 426. The number of aromatic nitrogens is 1. The first kappa shape index (κ1) is 11.0. The summed E-state index contributed by atoms with van der Waals surface area (Å²) in [6, 6.07) is 3.99. The van der Waals surface area contributed by atoms with Gasteiger partial charge in [0, 0.05) is 0 Å². The third-order valence-corrected chi connectivity index (χ3v) is 2.60. The lowest BCUT2D eigenvalue weighted by Gasteiger charge is -2.08. The van der Waals surface area contributed by atoms with Gasteiger partial charge in [-0.2, -0.15) is 0 Å². The molecule has 2 heterocycles. The summed E-state index contributed by atoms with van der Waals surface area (Å²) >= 11 is 0. The van der Waals surface area contributed by atoms with Crippen molar-refractivity contribution in [1.82, 2.24) is 10.3 Å². The highest BCUT2D eigenvalue weighted by Crippen LogP contribution is 2.14. The average molecular weight is 220 g/mol. The lowest BCUT2D eigenvalue weighted by molar-refractivity contribution is 0.395. The van der Waals surface area contributed by atoms with Gasteiger partial charge in [0.15, 0.2) is 0 Å². The Labute approximate surface area is 94.7 Å². The van der Waals surface area contributed by atoms with Gasteiger partial charge in [-0.15, -0.1) is 0 Å². The minimum Gasteiger partial charge on any atom is -0.468 e. The SMILES string of the molecule is Cc1nc(CN[C@H](C)c2ccco2)oc1C. The molecule has 16 heavy (non-hydrogen) atoms. The van der Waals surface area contributed by atoms with Crippen molar-refractivity contribution in [3.8, 4) is 0 Å². The van der Waals surface area contributed by atoms with E-state index in [4.69, 9.17) is 8.83 Å². The summed E-state index contributed by atoms with van der Waals surface area (Å²) in [5.74, 6) is 2.51. The van der Waals surface area contributed by atoms with Crippen molar-refractivity contribution in [2.45, 2.75) is 33.4 Å². The Kier molecular flexibility index (Phi) is 3.10. The Morgan fingerprint density at radius 3 is 2.81 bits per heavy atom. The normalized spacial score (nSPS) is 12.9. The van der Waals surface area contributed by atoms with Crippen molar-refractivity contribution < 1.29 is 8.83 Å². The lowest BCUT2D eigenvalue weighted by atomic mass is 10.2. The minimum absolute atomic E-state index is 0.155. The van der Waals surface area contributed by atoms with Crippen LogP contribution in [0.2, 0.25) is 0 Å². The van der Waals surface area contributed by atoms with E-state index in [1.165, 1.54) is 0 Å². The zero-order chi connectivity index (χ0) is 11.5. The molecule has 0 saturated heterocycles. The Hall–Kier alpha value is -1.55. The molecule has 1 atom stereocenters. The maximum Gasteiger partial charge on any atom is 0.208 e. The van der Waals surface area contributed by atoms with Crippen LogP contribution in [0.25, 0.3) is 0 Å². The number of nitrogens with one attached hydrogen (secondary N) is 1. The first-order chi connectivity index (χ1) is 7.66. The molecule has 86 valence electrons. The molecule has 0 fully saturated rings. The third kappa shape index (κ3) is 2.33. The van der Waals surface area contributed by atoms with Gasteiger partial charge >= 0.3 is 0 Å². The van der Waals surface area contributed by atoms with Gasteiger partial charge in [-0.25, -0.2) is 4.98 Å². The third-order valence-electron chi connectivity index (χ3n) is 2.60. The maximum absolute atomic E-state index is 5.48. The molecule has 0 aliphatic carbocycles. The lowest BCUT2D eigenvalue weighted by Crippen LogP contribution is -2.17.